The molecule has 1 aliphatic carbocycles. The molecule has 0 spiro atoms. The van der Waals surface area contributed by atoms with Gasteiger partial charge in [-0.3, -0.25) is 10.1 Å². The van der Waals surface area contributed by atoms with E-state index in [1.165, 1.54) is 0 Å². The molecule has 0 radical (unpaired) electrons. The predicted octanol–water partition coefficient (Wildman–Crippen LogP) is 1.62. The molecule has 0 aromatic rings. The Labute approximate surface area is 108 Å². The second-order valence-corrected chi connectivity index (χ2v) is 6.69. The van der Waals surface area contributed by atoms with Gasteiger partial charge in [0.15, 0.2) is 0 Å². The lowest BCUT2D eigenvalue weighted by Gasteiger charge is -2.11. The van der Waals surface area contributed by atoms with Gasteiger partial charge in [-0.05, 0) is 10.8 Å². The molecule has 1 heterocycles. The zero-order valence-electron chi connectivity index (χ0n) is 10.3. The van der Waals surface area contributed by atoms with Crippen LogP contribution in [-0.2, 0) is 4.79 Å². The van der Waals surface area contributed by atoms with Gasteiger partial charge in [-0.1, -0.05) is 27.7 Å². The summed E-state index contributed by atoms with van der Waals surface area (Å²) in [6, 6.07) is 0.340. The van der Waals surface area contributed by atoms with E-state index in [4.69, 9.17) is 0 Å². The first-order valence-corrected chi connectivity index (χ1v) is 6.64. The number of hydrogen-bond donors (Lipinski definition) is 2. The number of thioether (sulfide) groups is 1. The van der Waals surface area contributed by atoms with Gasteiger partial charge in [0.2, 0.25) is 5.91 Å². The Balaban J connectivity index is 0.00000128. The lowest BCUT2D eigenvalue weighted by atomic mass is 10.0. The highest BCUT2D eigenvalue weighted by Crippen LogP contribution is 2.62. The van der Waals surface area contributed by atoms with Crippen LogP contribution in [0.2, 0.25) is 0 Å². The van der Waals surface area contributed by atoms with E-state index in [0.29, 0.717) is 6.04 Å². The lowest BCUT2D eigenvalue weighted by Crippen LogP contribution is -2.44. The summed E-state index contributed by atoms with van der Waals surface area (Å²) in [6.07, 6.45) is 0. The fraction of sp³-hybridized carbons (Fsp3) is 0.909. The van der Waals surface area contributed by atoms with Crippen molar-refractivity contribution in [3.05, 3.63) is 0 Å². The second kappa shape index (κ2) is 4.39. The third-order valence-corrected chi connectivity index (χ3v) is 5.28. The molecule has 2 rings (SSSR count). The summed E-state index contributed by atoms with van der Waals surface area (Å²) in [5.41, 5.74) is 0.461. The maximum atomic E-state index is 11.9. The first-order chi connectivity index (χ1) is 6.87. The predicted molar refractivity (Wildman–Crippen MR) is 71.0 cm³/mol. The third-order valence-electron chi connectivity index (χ3n) is 4.34. The molecule has 2 fully saturated rings. The first-order valence-electron chi connectivity index (χ1n) is 5.49. The lowest BCUT2D eigenvalue weighted by molar-refractivity contribution is -0.122. The average molecular weight is 265 g/mol. The summed E-state index contributed by atoms with van der Waals surface area (Å²) in [5, 5.41) is 6.36. The van der Waals surface area contributed by atoms with Crippen molar-refractivity contribution in [3.63, 3.8) is 0 Å². The topological polar surface area (TPSA) is 41.1 Å². The molecule has 0 bridgehead atoms. The summed E-state index contributed by atoms with van der Waals surface area (Å²) in [6.45, 7) is 8.87. The minimum atomic E-state index is 0. The van der Waals surface area contributed by atoms with Crippen LogP contribution < -0.4 is 10.6 Å². The van der Waals surface area contributed by atoms with E-state index in [1.54, 1.807) is 11.8 Å². The first kappa shape index (κ1) is 14.1. The van der Waals surface area contributed by atoms with E-state index in [1.807, 2.05) is 0 Å². The molecule has 1 saturated heterocycles. The monoisotopic (exact) mass is 264 g/mol. The largest absolute Gasteiger partial charge is 0.351 e. The van der Waals surface area contributed by atoms with Crippen LogP contribution in [0.4, 0.5) is 0 Å². The van der Waals surface area contributed by atoms with Gasteiger partial charge < -0.3 is 5.32 Å². The molecule has 3 nitrogen and oxygen atoms in total. The van der Waals surface area contributed by atoms with Crippen LogP contribution >= 0.6 is 24.2 Å². The van der Waals surface area contributed by atoms with Crippen LogP contribution in [0.5, 0.6) is 0 Å². The molecular formula is C11H21ClN2OS. The SMILES string of the molecule is CC1(C)C(NC(=O)C2CSCN2)C1(C)C.Cl. The summed E-state index contributed by atoms with van der Waals surface area (Å²) in [4.78, 5) is 11.9. The summed E-state index contributed by atoms with van der Waals surface area (Å²) in [5.74, 6) is 1.97. The molecule has 5 heteroatoms. The van der Waals surface area contributed by atoms with Crippen molar-refractivity contribution in [2.45, 2.75) is 39.8 Å². The van der Waals surface area contributed by atoms with Crippen molar-refractivity contribution in [2.75, 3.05) is 11.6 Å². The number of halogens is 1. The van der Waals surface area contributed by atoms with E-state index in [-0.39, 0.29) is 35.2 Å². The van der Waals surface area contributed by atoms with Gasteiger partial charge in [0.1, 0.15) is 0 Å². The van der Waals surface area contributed by atoms with Gasteiger partial charge in [0, 0.05) is 17.7 Å². The van der Waals surface area contributed by atoms with Crippen molar-refractivity contribution in [1.29, 1.82) is 0 Å². The fourth-order valence-corrected chi connectivity index (χ4v) is 3.31. The molecule has 0 aromatic carbocycles. The molecule has 1 saturated carbocycles. The van der Waals surface area contributed by atoms with Gasteiger partial charge in [0.25, 0.3) is 0 Å². The second-order valence-electron chi connectivity index (χ2n) is 5.66. The van der Waals surface area contributed by atoms with Crippen LogP contribution in [0.15, 0.2) is 0 Å². The number of carbonyl (C=O) groups is 1. The Morgan fingerprint density at radius 3 is 2.25 bits per heavy atom. The average Bonchev–Trinajstić information content (AvgIpc) is 2.65. The number of hydrogen-bond acceptors (Lipinski definition) is 3. The van der Waals surface area contributed by atoms with E-state index in [9.17, 15) is 4.79 Å². The van der Waals surface area contributed by atoms with Gasteiger partial charge in [-0.2, -0.15) is 0 Å². The maximum absolute atomic E-state index is 11.9. The highest BCUT2D eigenvalue weighted by atomic mass is 35.5. The van der Waals surface area contributed by atoms with Crippen molar-refractivity contribution in [2.24, 2.45) is 10.8 Å². The molecule has 1 unspecified atom stereocenters. The molecule has 16 heavy (non-hydrogen) atoms. The Morgan fingerprint density at radius 2 is 1.88 bits per heavy atom. The molecule has 2 N–H and O–H groups in total. The van der Waals surface area contributed by atoms with Crippen LogP contribution in [0.3, 0.4) is 0 Å². The Hall–Kier alpha value is 0.0700. The zero-order valence-corrected chi connectivity index (χ0v) is 11.9. The van der Waals surface area contributed by atoms with Gasteiger partial charge >= 0.3 is 0 Å². The smallest absolute Gasteiger partial charge is 0.238 e. The van der Waals surface area contributed by atoms with Crippen LogP contribution in [-0.4, -0.2) is 29.6 Å². The number of nitrogens with one attached hydrogen (secondary N) is 2. The summed E-state index contributed by atoms with van der Waals surface area (Å²) >= 11 is 1.79. The standard InChI is InChI=1S/C11H20N2OS.ClH/c1-10(2)9(11(10,3)4)13-8(14)7-5-15-6-12-7;/h7,9,12H,5-6H2,1-4H3,(H,13,14);1H. The molecule has 1 atom stereocenters. The molecule has 94 valence electrons. The third kappa shape index (κ3) is 2.07. The number of carbonyl (C=O) groups excluding carboxylic acids is 1. The summed E-state index contributed by atoms with van der Waals surface area (Å²) in [7, 11) is 0. The van der Waals surface area contributed by atoms with Crippen molar-refractivity contribution >= 4 is 30.1 Å². The molecular weight excluding hydrogens is 244 g/mol. The van der Waals surface area contributed by atoms with E-state index in [2.05, 4.69) is 38.3 Å². The van der Waals surface area contributed by atoms with Crippen molar-refractivity contribution in [3.8, 4) is 0 Å². The highest BCUT2D eigenvalue weighted by molar-refractivity contribution is 7.99. The van der Waals surface area contributed by atoms with E-state index in [0.717, 1.165) is 11.6 Å². The van der Waals surface area contributed by atoms with Gasteiger partial charge in [-0.15, -0.1) is 24.2 Å². The maximum Gasteiger partial charge on any atom is 0.238 e. The Kier molecular flexibility index (Phi) is 3.88. The van der Waals surface area contributed by atoms with Crippen LogP contribution in [0.25, 0.3) is 0 Å². The van der Waals surface area contributed by atoms with Crippen LogP contribution in [0.1, 0.15) is 27.7 Å². The molecule has 1 aliphatic heterocycles. The van der Waals surface area contributed by atoms with E-state index >= 15 is 0 Å². The minimum Gasteiger partial charge on any atom is -0.351 e. The highest BCUT2D eigenvalue weighted by Gasteiger charge is 2.65. The van der Waals surface area contributed by atoms with Crippen molar-refractivity contribution in [1.82, 2.24) is 10.6 Å². The number of amides is 1. The van der Waals surface area contributed by atoms with Gasteiger partial charge in [-0.25, -0.2) is 0 Å². The van der Waals surface area contributed by atoms with Crippen molar-refractivity contribution < 1.29 is 4.79 Å². The van der Waals surface area contributed by atoms with Gasteiger partial charge in [0.05, 0.1) is 6.04 Å². The van der Waals surface area contributed by atoms with E-state index < -0.39 is 0 Å². The Bertz CT molecular complexity index is 274. The summed E-state index contributed by atoms with van der Waals surface area (Å²) < 4.78 is 0. The normalized spacial score (nSPS) is 30.6. The van der Waals surface area contributed by atoms with Crippen LogP contribution in [0, 0.1) is 10.8 Å². The quantitative estimate of drug-likeness (QED) is 0.797. The minimum absolute atomic E-state index is 0. The fourth-order valence-electron chi connectivity index (χ4n) is 2.36. The molecule has 2 aliphatic rings. The molecule has 0 aromatic heterocycles. The Morgan fingerprint density at radius 1 is 1.31 bits per heavy atom. The molecule has 1 amide bonds. The zero-order chi connectivity index (χ0) is 11.3. The number of rotatable bonds is 2.